The fraction of sp³-hybridized carbons (Fsp3) is 0.632. The first-order chi connectivity index (χ1) is 11.9. The number of carbonyl (C=O) groups is 1. The number of sulfone groups is 1. The van der Waals surface area contributed by atoms with Crippen molar-refractivity contribution >= 4 is 15.7 Å². The molecular weight excluding hydrogens is 336 g/mol. The third-order valence-electron chi connectivity index (χ3n) is 5.79. The number of rotatable bonds is 6. The van der Waals surface area contributed by atoms with Gasteiger partial charge in [0.15, 0.2) is 9.84 Å². The summed E-state index contributed by atoms with van der Waals surface area (Å²) in [5, 5.41) is 3.35. The maximum atomic E-state index is 12.8. The van der Waals surface area contributed by atoms with Crippen molar-refractivity contribution in [2.45, 2.75) is 38.0 Å². The van der Waals surface area contributed by atoms with Crippen LogP contribution in [0.3, 0.4) is 0 Å². The number of aryl methyl sites for hydroxylation is 1. The van der Waals surface area contributed by atoms with Crippen molar-refractivity contribution in [1.29, 1.82) is 0 Å². The highest BCUT2D eigenvalue weighted by Gasteiger charge is 2.58. The predicted molar refractivity (Wildman–Crippen MR) is 98.1 cm³/mol. The van der Waals surface area contributed by atoms with Crippen molar-refractivity contribution in [3.8, 4) is 0 Å². The minimum Gasteiger partial charge on any atom is -0.342 e. The molecule has 0 radical (unpaired) electrons. The Morgan fingerprint density at radius 1 is 1.24 bits per heavy atom. The van der Waals surface area contributed by atoms with Gasteiger partial charge >= 0.3 is 0 Å². The van der Waals surface area contributed by atoms with Gasteiger partial charge in [-0.2, -0.15) is 0 Å². The van der Waals surface area contributed by atoms with Gasteiger partial charge in [-0.25, -0.2) is 8.42 Å². The minimum atomic E-state index is -3.36. The average molecular weight is 365 g/mol. The van der Waals surface area contributed by atoms with E-state index in [4.69, 9.17) is 0 Å². The quantitative estimate of drug-likeness (QED) is 0.838. The second kappa shape index (κ2) is 7.08. The van der Waals surface area contributed by atoms with Gasteiger partial charge in [0, 0.05) is 19.0 Å². The van der Waals surface area contributed by atoms with Crippen LogP contribution in [0.2, 0.25) is 0 Å². The lowest BCUT2D eigenvalue weighted by atomic mass is 9.91. The molecule has 5 nitrogen and oxygen atoms in total. The summed E-state index contributed by atoms with van der Waals surface area (Å²) in [7, 11) is -3.36. The molecule has 138 valence electrons. The molecule has 6 heteroatoms. The van der Waals surface area contributed by atoms with Gasteiger partial charge in [0.25, 0.3) is 0 Å². The van der Waals surface area contributed by atoms with E-state index in [-0.39, 0.29) is 29.5 Å². The molecular formula is C19H28N2O3S. The predicted octanol–water partition coefficient (Wildman–Crippen LogP) is 2.01. The minimum absolute atomic E-state index is 0.0169. The Hall–Kier alpha value is -1.40. The van der Waals surface area contributed by atoms with E-state index in [1.807, 2.05) is 13.8 Å². The maximum absolute atomic E-state index is 12.8. The Bertz CT molecular complexity index is 722. The van der Waals surface area contributed by atoms with Gasteiger partial charge < -0.3 is 10.2 Å². The Morgan fingerprint density at radius 3 is 2.48 bits per heavy atom. The Labute approximate surface area is 150 Å². The van der Waals surface area contributed by atoms with Crippen LogP contribution in [0.4, 0.5) is 0 Å². The van der Waals surface area contributed by atoms with Crippen molar-refractivity contribution in [3.63, 3.8) is 0 Å². The van der Waals surface area contributed by atoms with Crippen molar-refractivity contribution in [2.24, 2.45) is 11.3 Å². The first-order valence-corrected chi connectivity index (χ1v) is 10.8. The number of amides is 1. The monoisotopic (exact) mass is 364 g/mol. The summed E-state index contributed by atoms with van der Waals surface area (Å²) in [6, 6.07) is 6.91. The molecule has 1 saturated heterocycles. The Balaban J connectivity index is 1.61. The summed E-state index contributed by atoms with van der Waals surface area (Å²) in [6.45, 7) is 6.66. The van der Waals surface area contributed by atoms with Gasteiger partial charge in [-0.05, 0) is 63.7 Å². The van der Waals surface area contributed by atoms with Crippen LogP contribution in [-0.2, 0) is 14.6 Å². The molecule has 1 amide bonds. The van der Waals surface area contributed by atoms with Crippen molar-refractivity contribution in [3.05, 3.63) is 29.8 Å². The first kappa shape index (κ1) is 18.4. The highest BCUT2D eigenvalue weighted by molar-refractivity contribution is 7.91. The fourth-order valence-electron chi connectivity index (χ4n) is 3.91. The third-order valence-corrected chi connectivity index (χ3v) is 7.50. The summed E-state index contributed by atoms with van der Waals surface area (Å²) in [4.78, 5) is 14.9. The number of benzene rings is 1. The molecule has 1 aromatic carbocycles. The van der Waals surface area contributed by atoms with Gasteiger partial charge in [0.1, 0.15) is 0 Å². The molecule has 1 aliphatic heterocycles. The summed E-state index contributed by atoms with van der Waals surface area (Å²) in [6.07, 6.45) is 3.08. The van der Waals surface area contributed by atoms with Crippen LogP contribution in [-0.4, -0.2) is 51.2 Å². The molecule has 2 aliphatic rings. The molecule has 3 rings (SSSR count). The molecule has 1 saturated carbocycles. The highest BCUT2D eigenvalue weighted by atomic mass is 32.2. The molecule has 1 aromatic rings. The lowest BCUT2D eigenvalue weighted by molar-refractivity contribution is -0.133. The molecule has 1 spiro atoms. The number of carbonyl (C=O) groups excluding carboxylic acids is 1. The van der Waals surface area contributed by atoms with Gasteiger partial charge in [-0.1, -0.05) is 17.7 Å². The van der Waals surface area contributed by atoms with E-state index in [1.54, 1.807) is 29.2 Å². The molecule has 0 unspecified atom stereocenters. The summed E-state index contributed by atoms with van der Waals surface area (Å²) in [5.41, 5.74) is 1.22. The van der Waals surface area contributed by atoms with Crippen LogP contribution in [0.25, 0.3) is 0 Å². The number of nitrogens with one attached hydrogen (secondary N) is 1. The van der Waals surface area contributed by atoms with Crippen LogP contribution in [0, 0.1) is 18.3 Å². The van der Waals surface area contributed by atoms with Gasteiger partial charge in [-0.15, -0.1) is 0 Å². The van der Waals surface area contributed by atoms with Gasteiger partial charge in [0.05, 0.1) is 10.6 Å². The molecule has 1 N–H and O–H groups in total. The highest BCUT2D eigenvalue weighted by Crippen LogP contribution is 2.59. The van der Waals surface area contributed by atoms with Crippen molar-refractivity contribution in [1.82, 2.24) is 10.2 Å². The van der Waals surface area contributed by atoms with E-state index in [9.17, 15) is 13.2 Å². The molecule has 0 aromatic heterocycles. The smallest absolute Gasteiger partial charge is 0.226 e. The number of piperidine rings is 1. The zero-order chi connectivity index (χ0) is 18.1. The van der Waals surface area contributed by atoms with Gasteiger partial charge in [0.2, 0.25) is 5.91 Å². The Morgan fingerprint density at radius 2 is 1.88 bits per heavy atom. The van der Waals surface area contributed by atoms with E-state index < -0.39 is 9.84 Å². The van der Waals surface area contributed by atoms with Gasteiger partial charge in [-0.3, -0.25) is 4.79 Å². The average Bonchev–Trinajstić information content (AvgIpc) is 3.29. The lowest BCUT2D eigenvalue weighted by Crippen LogP contribution is -2.38. The summed E-state index contributed by atoms with van der Waals surface area (Å²) < 4.78 is 25.0. The number of hydrogen-bond acceptors (Lipinski definition) is 4. The van der Waals surface area contributed by atoms with Crippen molar-refractivity contribution in [2.75, 3.05) is 31.9 Å². The van der Waals surface area contributed by atoms with Crippen LogP contribution >= 0.6 is 0 Å². The summed E-state index contributed by atoms with van der Waals surface area (Å²) >= 11 is 0. The van der Waals surface area contributed by atoms with Crippen molar-refractivity contribution < 1.29 is 13.2 Å². The summed E-state index contributed by atoms with van der Waals surface area (Å²) in [5.74, 6) is 0.219. The van der Waals surface area contributed by atoms with E-state index in [2.05, 4.69) is 5.32 Å². The standard InChI is InChI=1S/C19H28N2O3S/c1-3-21(18(22)17-14-19(17)8-10-20-11-9-19)12-13-25(23,24)16-6-4-15(2)5-7-16/h4-7,17,20H,3,8-14H2,1-2H3/t17-/m1/s1. The largest absolute Gasteiger partial charge is 0.342 e. The van der Waals surface area contributed by atoms with E-state index in [0.717, 1.165) is 37.9 Å². The lowest BCUT2D eigenvalue weighted by Gasteiger charge is -2.26. The fourth-order valence-corrected chi connectivity index (χ4v) is 5.16. The molecule has 1 atom stereocenters. The number of nitrogens with zero attached hydrogens (tertiary/aromatic N) is 1. The molecule has 1 aliphatic carbocycles. The van der Waals surface area contributed by atoms with E-state index in [1.165, 1.54) is 0 Å². The van der Waals surface area contributed by atoms with E-state index in [0.29, 0.717) is 11.4 Å². The van der Waals surface area contributed by atoms with E-state index >= 15 is 0 Å². The number of hydrogen-bond donors (Lipinski definition) is 1. The second-order valence-corrected chi connectivity index (χ2v) is 9.53. The molecule has 2 fully saturated rings. The molecule has 25 heavy (non-hydrogen) atoms. The maximum Gasteiger partial charge on any atom is 0.226 e. The normalized spacial score (nSPS) is 21.9. The topological polar surface area (TPSA) is 66.5 Å². The van der Waals surface area contributed by atoms with Crippen LogP contribution in [0.15, 0.2) is 29.2 Å². The van der Waals surface area contributed by atoms with Crippen LogP contribution in [0.1, 0.15) is 31.7 Å². The second-order valence-electron chi connectivity index (χ2n) is 7.42. The first-order valence-electron chi connectivity index (χ1n) is 9.17. The third kappa shape index (κ3) is 3.90. The zero-order valence-corrected chi connectivity index (χ0v) is 15.9. The SMILES string of the molecule is CCN(CCS(=O)(=O)c1ccc(C)cc1)C(=O)[C@H]1CC12CCNCC2. The zero-order valence-electron chi connectivity index (χ0n) is 15.1. The Kier molecular flexibility index (Phi) is 5.21. The molecule has 1 heterocycles. The van der Waals surface area contributed by atoms with Crippen LogP contribution in [0.5, 0.6) is 0 Å². The van der Waals surface area contributed by atoms with Crippen LogP contribution < -0.4 is 5.32 Å². The molecule has 0 bridgehead atoms.